The highest BCUT2D eigenvalue weighted by Crippen LogP contribution is 2.28. The molecule has 0 radical (unpaired) electrons. The van der Waals surface area contributed by atoms with E-state index < -0.39 is 9.84 Å². The predicted octanol–water partition coefficient (Wildman–Crippen LogP) is 0.708. The van der Waals surface area contributed by atoms with Gasteiger partial charge in [0.1, 0.15) is 9.84 Å². The number of sulfone groups is 1. The van der Waals surface area contributed by atoms with E-state index in [-0.39, 0.29) is 17.4 Å². The van der Waals surface area contributed by atoms with E-state index in [1.165, 1.54) is 6.26 Å². The fraction of sp³-hybridized carbons (Fsp3) is 1.00. The van der Waals surface area contributed by atoms with Gasteiger partial charge in [0, 0.05) is 18.9 Å². The Kier molecular flexibility index (Phi) is 4.14. The summed E-state index contributed by atoms with van der Waals surface area (Å²) in [6.07, 6.45) is 4.84. The highest BCUT2D eigenvalue weighted by molar-refractivity contribution is 7.90. The molecule has 5 heteroatoms. The van der Waals surface area contributed by atoms with Crippen molar-refractivity contribution in [1.29, 1.82) is 0 Å². The molecule has 90 valence electrons. The fourth-order valence-corrected chi connectivity index (χ4v) is 2.58. The zero-order valence-electron chi connectivity index (χ0n) is 9.53. The maximum atomic E-state index is 11.0. The Bertz CT molecular complexity index is 294. The van der Waals surface area contributed by atoms with Crippen molar-refractivity contribution < 1.29 is 13.2 Å². The number of hydrogen-bond acceptors (Lipinski definition) is 4. The minimum atomic E-state index is -2.92. The van der Waals surface area contributed by atoms with Crippen LogP contribution in [0.5, 0.6) is 0 Å². The van der Waals surface area contributed by atoms with Gasteiger partial charge in [-0.05, 0) is 32.6 Å². The van der Waals surface area contributed by atoms with Crippen LogP contribution >= 0.6 is 0 Å². The van der Waals surface area contributed by atoms with Gasteiger partial charge in [-0.25, -0.2) is 8.42 Å². The van der Waals surface area contributed by atoms with Crippen molar-refractivity contribution in [2.75, 3.05) is 18.6 Å². The van der Waals surface area contributed by atoms with Crippen LogP contribution in [-0.4, -0.2) is 38.7 Å². The lowest BCUT2D eigenvalue weighted by atomic mass is 9.87. The maximum absolute atomic E-state index is 11.0. The van der Waals surface area contributed by atoms with Gasteiger partial charge in [0.15, 0.2) is 0 Å². The smallest absolute Gasteiger partial charge is 0.147 e. The normalized spacial score (nSPS) is 30.1. The van der Waals surface area contributed by atoms with E-state index in [2.05, 4.69) is 0 Å². The molecule has 0 aliphatic carbocycles. The lowest BCUT2D eigenvalue weighted by Crippen LogP contribution is -2.50. The lowest BCUT2D eigenvalue weighted by molar-refractivity contribution is -0.0813. The second-order valence-electron chi connectivity index (χ2n) is 4.64. The van der Waals surface area contributed by atoms with E-state index in [0.29, 0.717) is 6.42 Å². The number of nitrogens with two attached hydrogens (primary N) is 1. The highest BCUT2D eigenvalue weighted by Gasteiger charge is 2.34. The molecule has 1 aliphatic heterocycles. The van der Waals surface area contributed by atoms with Gasteiger partial charge in [0.05, 0.1) is 11.4 Å². The van der Waals surface area contributed by atoms with Crippen molar-refractivity contribution in [3.8, 4) is 0 Å². The minimum Gasteiger partial charge on any atom is -0.374 e. The largest absolute Gasteiger partial charge is 0.374 e. The van der Waals surface area contributed by atoms with Gasteiger partial charge < -0.3 is 10.5 Å². The van der Waals surface area contributed by atoms with Gasteiger partial charge in [-0.3, -0.25) is 0 Å². The molecule has 2 unspecified atom stereocenters. The summed E-state index contributed by atoms with van der Waals surface area (Å²) in [7, 11) is -2.92. The van der Waals surface area contributed by atoms with Crippen LogP contribution in [0, 0.1) is 0 Å². The number of ether oxygens (including phenoxy) is 1. The molecule has 0 aromatic heterocycles. The molecule has 1 heterocycles. The molecule has 0 spiro atoms. The fourth-order valence-electron chi connectivity index (χ4n) is 1.89. The molecule has 2 N–H and O–H groups in total. The zero-order chi connectivity index (χ0) is 11.5. The van der Waals surface area contributed by atoms with E-state index in [1.54, 1.807) is 0 Å². The Morgan fingerprint density at radius 1 is 1.47 bits per heavy atom. The van der Waals surface area contributed by atoms with Crippen LogP contribution in [0.2, 0.25) is 0 Å². The third kappa shape index (κ3) is 4.09. The average Bonchev–Trinajstić information content (AvgIpc) is 2.14. The van der Waals surface area contributed by atoms with E-state index in [9.17, 15) is 8.42 Å². The summed E-state index contributed by atoms with van der Waals surface area (Å²) in [6.45, 7) is 2.72. The Morgan fingerprint density at radius 3 is 2.60 bits per heavy atom. The molecule has 1 saturated heterocycles. The molecule has 0 aromatic rings. The van der Waals surface area contributed by atoms with Crippen LogP contribution in [-0.2, 0) is 14.6 Å². The zero-order valence-corrected chi connectivity index (χ0v) is 10.3. The summed E-state index contributed by atoms with van der Waals surface area (Å²) in [5.74, 6) is 0.146. The standard InChI is InChI=1S/C10H21NO3S/c1-10(6-3-4-7-14-10)9(11)5-8-15(2,12)13/h9H,3-8,11H2,1-2H3. The summed E-state index contributed by atoms with van der Waals surface area (Å²) < 4.78 is 27.7. The SMILES string of the molecule is CC1(C(N)CCS(C)(=O)=O)CCCCO1. The molecule has 1 aliphatic rings. The average molecular weight is 235 g/mol. The molecule has 1 rings (SSSR count). The molecule has 0 amide bonds. The van der Waals surface area contributed by atoms with Crippen LogP contribution in [0.1, 0.15) is 32.6 Å². The van der Waals surface area contributed by atoms with Gasteiger partial charge in [-0.15, -0.1) is 0 Å². The van der Waals surface area contributed by atoms with Gasteiger partial charge in [0.25, 0.3) is 0 Å². The minimum absolute atomic E-state index is 0.146. The first-order valence-corrected chi connectivity index (χ1v) is 7.47. The Labute approximate surface area is 92.1 Å². The molecule has 2 atom stereocenters. The van der Waals surface area contributed by atoms with Crippen molar-refractivity contribution in [2.24, 2.45) is 5.73 Å². The number of rotatable bonds is 4. The summed E-state index contributed by atoms with van der Waals surface area (Å²) >= 11 is 0. The lowest BCUT2D eigenvalue weighted by Gasteiger charge is -2.38. The van der Waals surface area contributed by atoms with Crippen LogP contribution in [0.25, 0.3) is 0 Å². The van der Waals surface area contributed by atoms with Crippen molar-refractivity contribution in [1.82, 2.24) is 0 Å². The first-order valence-electron chi connectivity index (χ1n) is 5.41. The van der Waals surface area contributed by atoms with Crippen molar-refractivity contribution in [3.63, 3.8) is 0 Å². The topological polar surface area (TPSA) is 69.4 Å². The summed E-state index contributed by atoms with van der Waals surface area (Å²) in [5, 5.41) is 0. The van der Waals surface area contributed by atoms with Crippen molar-refractivity contribution in [2.45, 2.75) is 44.2 Å². The van der Waals surface area contributed by atoms with Gasteiger partial charge in [-0.2, -0.15) is 0 Å². The van der Waals surface area contributed by atoms with Gasteiger partial charge in [-0.1, -0.05) is 0 Å². The second-order valence-corrected chi connectivity index (χ2v) is 6.90. The number of hydrogen-bond donors (Lipinski definition) is 1. The molecule has 0 bridgehead atoms. The van der Waals surface area contributed by atoms with Crippen molar-refractivity contribution >= 4 is 9.84 Å². The highest BCUT2D eigenvalue weighted by atomic mass is 32.2. The van der Waals surface area contributed by atoms with Crippen LogP contribution in [0.3, 0.4) is 0 Å². The monoisotopic (exact) mass is 235 g/mol. The van der Waals surface area contributed by atoms with E-state index in [1.807, 2.05) is 6.92 Å². The third-order valence-electron chi connectivity index (χ3n) is 3.08. The van der Waals surface area contributed by atoms with Gasteiger partial charge >= 0.3 is 0 Å². The third-order valence-corrected chi connectivity index (χ3v) is 4.06. The van der Waals surface area contributed by atoms with Gasteiger partial charge in [0.2, 0.25) is 0 Å². The molecule has 1 fully saturated rings. The Morgan fingerprint density at radius 2 is 2.13 bits per heavy atom. The second kappa shape index (κ2) is 4.80. The van der Waals surface area contributed by atoms with Crippen LogP contribution < -0.4 is 5.73 Å². The maximum Gasteiger partial charge on any atom is 0.147 e. The molecular weight excluding hydrogens is 214 g/mol. The van der Waals surface area contributed by atoms with E-state index in [4.69, 9.17) is 10.5 Å². The van der Waals surface area contributed by atoms with Crippen molar-refractivity contribution in [3.05, 3.63) is 0 Å². The molecule has 4 nitrogen and oxygen atoms in total. The Hall–Kier alpha value is -0.130. The first kappa shape index (κ1) is 12.9. The molecule has 15 heavy (non-hydrogen) atoms. The van der Waals surface area contributed by atoms with E-state index >= 15 is 0 Å². The van der Waals surface area contributed by atoms with Crippen LogP contribution in [0.4, 0.5) is 0 Å². The molecule has 0 aromatic carbocycles. The molecular formula is C10H21NO3S. The summed E-state index contributed by atoms with van der Waals surface area (Å²) in [5.41, 5.74) is 5.67. The molecule has 0 saturated carbocycles. The summed E-state index contributed by atoms with van der Waals surface area (Å²) in [4.78, 5) is 0. The predicted molar refractivity (Wildman–Crippen MR) is 60.5 cm³/mol. The summed E-state index contributed by atoms with van der Waals surface area (Å²) in [6, 6.07) is -0.187. The first-order chi connectivity index (χ1) is 6.83. The van der Waals surface area contributed by atoms with E-state index in [0.717, 1.165) is 25.9 Å². The Balaban J connectivity index is 2.48. The quantitative estimate of drug-likeness (QED) is 0.779. The van der Waals surface area contributed by atoms with Crippen LogP contribution in [0.15, 0.2) is 0 Å².